The van der Waals surface area contributed by atoms with Crippen molar-refractivity contribution in [2.45, 2.75) is 31.7 Å². The van der Waals surface area contributed by atoms with Crippen LogP contribution in [0.3, 0.4) is 0 Å². The van der Waals surface area contributed by atoms with Gasteiger partial charge in [0.05, 0.1) is 18.2 Å². The summed E-state index contributed by atoms with van der Waals surface area (Å²) in [6.45, 7) is 2.45. The molecule has 2 aromatic rings. The molecule has 2 amide bonds. The van der Waals surface area contributed by atoms with E-state index in [9.17, 15) is 9.59 Å². The van der Waals surface area contributed by atoms with Crippen molar-refractivity contribution in [1.82, 2.24) is 24.3 Å². The zero-order valence-electron chi connectivity index (χ0n) is 15.6. The van der Waals surface area contributed by atoms with Crippen LogP contribution >= 0.6 is 0 Å². The van der Waals surface area contributed by atoms with Crippen molar-refractivity contribution < 1.29 is 9.59 Å². The minimum absolute atomic E-state index is 0.0434. The first-order chi connectivity index (χ1) is 13.1. The fraction of sp³-hybridized carbons (Fsp3) is 0.500. The molecule has 0 N–H and O–H groups in total. The van der Waals surface area contributed by atoms with Crippen LogP contribution in [0.2, 0.25) is 0 Å². The Kier molecular flexibility index (Phi) is 4.92. The van der Waals surface area contributed by atoms with E-state index >= 15 is 0 Å². The van der Waals surface area contributed by atoms with Gasteiger partial charge in [-0.05, 0) is 25.0 Å². The third kappa shape index (κ3) is 3.72. The Bertz CT molecular complexity index is 811. The average Bonchev–Trinajstić information content (AvgIpc) is 3.28. The number of pyridine rings is 1. The molecule has 2 aliphatic heterocycles. The third-order valence-corrected chi connectivity index (χ3v) is 5.67. The predicted molar refractivity (Wildman–Crippen MR) is 99.5 cm³/mol. The monoisotopic (exact) mass is 367 g/mol. The van der Waals surface area contributed by atoms with Crippen molar-refractivity contribution in [3.05, 3.63) is 48.3 Å². The molecular formula is C20H25N5O2. The number of hydrogen-bond donors (Lipinski definition) is 0. The maximum Gasteiger partial charge on any atom is 0.227 e. The van der Waals surface area contributed by atoms with Gasteiger partial charge in [0.2, 0.25) is 11.8 Å². The van der Waals surface area contributed by atoms with Crippen LogP contribution in [0.1, 0.15) is 36.7 Å². The van der Waals surface area contributed by atoms with Crippen molar-refractivity contribution >= 4 is 11.8 Å². The molecule has 0 aliphatic carbocycles. The number of aryl methyl sites for hydroxylation is 1. The second-order valence-electron chi connectivity index (χ2n) is 7.49. The van der Waals surface area contributed by atoms with Crippen LogP contribution < -0.4 is 0 Å². The van der Waals surface area contributed by atoms with Crippen molar-refractivity contribution in [2.75, 3.05) is 19.6 Å². The first-order valence-electron chi connectivity index (χ1n) is 9.55. The molecule has 0 radical (unpaired) electrons. The molecule has 0 unspecified atom stereocenters. The molecule has 4 heterocycles. The van der Waals surface area contributed by atoms with E-state index in [-0.39, 0.29) is 17.7 Å². The smallest absolute Gasteiger partial charge is 0.227 e. The van der Waals surface area contributed by atoms with Crippen molar-refractivity contribution in [2.24, 2.45) is 13.0 Å². The number of likely N-dealkylation sites (tertiary alicyclic amines) is 2. The van der Waals surface area contributed by atoms with E-state index in [0.717, 1.165) is 37.4 Å². The van der Waals surface area contributed by atoms with Gasteiger partial charge in [0.15, 0.2) is 0 Å². The number of carbonyl (C=O) groups excluding carboxylic acids is 2. The Morgan fingerprint density at radius 1 is 1.19 bits per heavy atom. The first kappa shape index (κ1) is 17.7. The van der Waals surface area contributed by atoms with Crippen molar-refractivity contribution in [3.63, 3.8) is 0 Å². The summed E-state index contributed by atoms with van der Waals surface area (Å²) in [4.78, 5) is 37.7. The molecule has 142 valence electrons. The maximum atomic E-state index is 12.9. The van der Waals surface area contributed by atoms with Gasteiger partial charge in [-0.1, -0.05) is 6.07 Å². The number of aromatic nitrogens is 3. The highest BCUT2D eigenvalue weighted by atomic mass is 16.2. The van der Waals surface area contributed by atoms with E-state index < -0.39 is 0 Å². The van der Waals surface area contributed by atoms with Gasteiger partial charge in [-0.15, -0.1) is 0 Å². The minimum Gasteiger partial charge on any atom is -0.342 e. The summed E-state index contributed by atoms with van der Waals surface area (Å²) in [5.74, 6) is 1.43. The van der Waals surface area contributed by atoms with Crippen LogP contribution in [0.25, 0.3) is 0 Å². The molecule has 2 fully saturated rings. The second-order valence-corrected chi connectivity index (χ2v) is 7.49. The molecule has 2 aromatic heterocycles. The van der Waals surface area contributed by atoms with Crippen LogP contribution in [0.5, 0.6) is 0 Å². The van der Waals surface area contributed by atoms with Crippen molar-refractivity contribution in [3.8, 4) is 0 Å². The summed E-state index contributed by atoms with van der Waals surface area (Å²) < 4.78 is 2.06. The van der Waals surface area contributed by atoms with E-state index in [1.165, 1.54) is 0 Å². The topological polar surface area (TPSA) is 71.3 Å². The van der Waals surface area contributed by atoms with Crippen LogP contribution in [0.4, 0.5) is 0 Å². The fourth-order valence-corrected chi connectivity index (χ4v) is 4.16. The van der Waals surface area contributed by atoms with Crippen LogP contribution in [-0.4, -0.2) is 55.8 Å². The van der Waals surface area contributed by atoms with Gasteiger partial charge in [-0.25, -0.2) is 4.98 Å². The average molecular weight is 367 g/mol. The predicted octanol–water partition coefficient (Wildman–Crippen LogP) is 1.57. The van der Waals surface area contributed by atoms with Crippen LogP contribution in [0, 0.1) is 5.92 Å². The molecule has 0 bridgehead atoms. The zero-order chi connectivity index (χ0) is 18.8. The summed E-state index contributed by atoms with van der Waals surface area (Å²) >= 11 is 0. The highest BCUT2D eigenvalue weighted by Crippen LogP contribution is 2.29. The zero-order valence-corrected chi connectivity index (χ0v) is 15.6. The standard InChI is InChI=1S/C20H25N5O2/c1-23-11-8-22-19(23)15-5-9-24(10-6-15)20(27)16-12-18(26)25(13-16)14-17-4-2-3-7-21-17/h2-4,7-8,11,15-16H,5-6,9-10,12-14H2,1H3/t16-/m0/s1. The first-order valence-corrected chi connectivity index (χ1v) is 9.55. The van der Waals surface area contributed by atoms with Crippen LogP contribution in [0.15, 0.2) is 36.8 Å². The lowest BCUT2D eigenvalue weighted by Gasteiger charge is -2.33. The van der Waals surface area contributed by atoms with Crippen LogP contribution in [-0.2, 0) is 23.2 Å². The van der Waals surface area contributed by atoms with Gasteiger partial charge in [-0.3, -0.25) is 14.6 Å². The molecular weight excluding hydrogens is 342 g/mol. The van der Waals surface area contributed by atoms with Gasteiger partial charge in [0.25, 0.3) is 0 Å². The SMILES string of the molecule is Cn1ccnc1C1CCN(C(=O)[C@H]2CC(=O)N(Cc3ccccn3)C2)CC1. The Morgan fingerprint density at radius 3 is 2.67 bits per heavy atom. The van der Waals surface area contributed by atoms with Gasteiger partial charge in [-0.2, -0.15) is 0 Å². The van der Waals surface area contributed by atoms with E-state index in [2.05, 4.69) is 14.5 Å². The molecule has 1 atom stereocenters. The molecule has 0 aromatic carbocycles. The number of nitrogens with zero attached hydrogens (tertiary/aromatic N) is 5. The summed E-state index contributed by atoms with van der Waals surface area (Å²) in [7, 11) is 2.01. The molecule has 2 saturated heterocycles. The van der Waals surface area contributed by atoms with Gasteiger partial charge in [0.1, 0.15) is 5.82 Å². The number of imidazole rings is 1. The quantitative estimate of drug-likeness (QED) is 0.822. The normalized spacial score (nSPS) is 21.1. The number of hydrogen-bond acceptors (Lipinski definition) is 4. The molecule has 4 rings (SSSR count). The van der Waals surface area contributed by atoms with Gasteiger partial charge in [0, 0.05) is 57.6 Å². The third-order valence-electron chi connectivity index (χ3n) is 5.67. The molecule has 0 spiro atoms. The summed E-state index contributed by atoms with van der Waals surface area (Å²) in [5, 5.41) is 0. The van der Waals surface area contributed by atoms with E-state index in [1.54, 1.807) is 11.1 Å². The Hall–Kier alpha value is -2.70. The highest BCUT2D eigenvalue weighted by Gasteiger charge is 2.37. The summed E-state index contributed by atoms with van der Waals surface area (Å²) in [5.41, 5.74) is 0.856. The molecule has 7 heteroatoms. The second kappa shape index (κ2) is 7.50. The van der Waals surface area contributed by atoms with E-state index in [0.29, 0.717) is 25.4 Å². The lowest BCUT2D eigenvalue weighted by molar-refractivity contribution is -0.136. The Labute approximate surface area is 159 Å². The Morgan fingerprint density at radius 2 is 2.00 bits per heavy atom. The summed E-state index contributed by atoms with van der Waals surface area (Å²) in [6.07, 6.45) is 7.68. The molecule has 7 nitrogen and oxygen atoms in total. The van der Waals surface area contributed by atoms with E-state index in [1.807, 2.05) is 42.5 Å². The molecule has 27 heavy (non-hydrogen) atoms. The van der Waals surface area contributed by atoms with Gasteiger partial charge >= 0.3 is 0 Å². The number of piperidine rings is 1. The summed E-state index contributed by atoms with van der Waals surface area (Å²) in [6, 6.07) is 5.68. The lowest BCUT2D eigenvalue weighted by Crippen LogP contribution is -2.42. The number of amides is 2. The molecule has 0 saturated carbocycles. The highest BCUT2D eigenvalue weighted by molar-refractivity contribution is 5.89. The lowest BCUT2D eigenvalue weighted by atomic mass is 9.94. The van der Waals surface area contributed by atoms with Gasteiger partial charge < -0.3 is 14.4 Å². The van der Waals surface area contributed by atoms with E-state index in [4.69, 9.17) is 0 Å². The largest absolute Gasteiger partial charge is 0.342 e. The number of rotatable bonds is 4. The van der Waals surface area contributed by atoms with Crippen molar-refractivity contribution in [1.29, 1.82) is 0 Å². The Balaban J connectivity index is 1.33. The number of carbonyl (C=O) groups is 2. The maximum absolute atomic E-state index is 12.9. The fourth-order valence-electron chi connectivity index (χ4n) is 4.16. The molecule has 2 aliphatic rings. The minimum atomic E-state index is -0.231.